The highest BCUT2D eigenvalue weighted by Gasteiger charge is 2.31. The number of fused-ring (bicyclic) bond motifs is 1. The molecule has 3 aromatic rings. The maximum Gasteiger partial charge on any atom is 0.265 e. The summed E-state index contributed by atoms with van der Waals surface area (Å²) in [6.45, 7) is 1.82. The quantitative estimate of drug-likeness (QED) is 0.511. The number of amides is 1. The van der Waals surface area contributed by atoms with Gasteiger partial charge in [0.25, 0.3) is 15.9 Å². The van der Waals surface area contributed by atoms with Crippen molar-refractivity contribution in [2.45, 2.75) is 24.3 Å². The molecule has 0 saturated carbocycles. The number of anilines is 2. The number of sulfonamides is 1. The van der Waals surface area contributed by atoms with Gasteiger partial charge in [-0.15, -0.1) is 0 Å². The van der Waals surface area contributed by atoms with Gasteiger partial charge in [0.05, 0.1) is 4.90 Å². The third-order valence-electron chi connectivity index (χ3n) is 5.12. The largest absolute Gasteiger partial charge is 0.484 e. The summed E-state index contributed by atoms with van der Waals surface area (Å²) in [6, 6.07) is 16.6. The van der Waals surface area contributed by atoms with E-state index in [2.05, 4.69) is 20.7 Å². The molecule has 1 N–H and O–H groups in total. The predicted octanol–water partition coefficient (Wildman–Crippen LogP) is 4.75. The molecule has 0 aromatic heterocycles. The zero-order valence-corrected chi connectivity index (χ0v) is 19.5. The molecule has 0 spiro atoms. The molecule has 1 heterocycles. The van der Waals surface area contributed by atoms with Crippen molar-refractivity contribution in [3.8, 4) is 5.75 Å². The summed E-state index contributed by atoms with van der Waals surface area (Å²) >= 11 is 3.45. The van der Waals surface area contributed by atoms with Gasteiger partial charge in [-0.1, -0.05) is 15.9 Å². The van der Waals surface area contributed by atoms with Crippen molar-refractivity contribution in [3.05, 3.63) is 82.6 Å². The van der Waals surface area contributed by atoms with E-state index < -0.39 is 15.8 Å². The van der Waals surface area contributed by atoms with Crippen LogP contribution in [0.25, 0.3) is 0 Å². The van der Waals surface area contributed by atoms with Crippen LogP contribution in [0.15, 0.2) is 76.1 Å². The number of benzene rings is 3. The number of carbonyl (C=O) groups is 1. The van der Waals surface area contributed by atoms with Gasteiger partial charge in [0.2, 0.25) is 0 Å². The molecule has 0 aliphatic carbocycles. The minimum Gasteiger partial charge on any atom is -0.484 e. The van der Waals surface area contributed by atoms with Crippen molar-refractivity contribution >= 4 is 43.2 Å². The second kappa shape index (κ2) is 8.91. The molecule has 1 aliphatic heterocycles. The molecule has 0 fully saturated rings. The van der Waals surface area contributed by atoms with Crippen LogP contribution in [0.4, 0.5) is 15.8 Å². The molecule has 166 valence electrons. The van der Waals surface area contributed by atoms with Crippen molar-refractivity contribution in [2.24, 2.45) is 0 Å². The summed E-state index contributed by atoms with van der Waals surface area (Å²) in [6.07, 6.45) is 0.772. The van der Waals surface area contributed by atoms with E-state index in [9.17, 15) is 17.6 Å². The van der Waals surface area contributed by atoms with Crippen LogP contribution in [0.2, 0.25) is 0 Å². The van der Waals surface area contributed by atoms with Crippen LogP contribution in [0.5, 0.6) is 5.75 Å². The van der Waals surface area contributed by atoms with Gasteiger partial charge >= 0.3 is 0 Å². The van der Waals surface area contributed by atoms with Gasteiger partial charge in [-0.25, -0.2) is 12.8 Å². The van der Waals surface area contributed by atoms with Gasteiger partial charge in [-0.3, -0.25) is 9.52 Å². The van der Waals surface area contributed by atoms with E-state index in [1.807, 2.05) is 25.1 Å². The molecule has 1 atom stereocenters. The molecule has 4 rings (SSSR count). The second-order valence-corrected chi connectivity index (χ2v) is 10.1. The Morgan fingerprint density at radius 2 is 1.81 bits per heavy atom. The average molecular weight is 519 g/mol. The lowest BCUT2D eigenvalue weighted by Gasteiger charge is -2.22. The van der Waals surface area contributed by atoms with E-state index in [0.717, 1.165) is 22.1 Å². The van der Waals surface area contributed by atoms with Crippen molar-refractivity contribution in [1.82, 2.24) is 0 Å². The Bertz CT molecular complexity index is 1250. The molecule has 3 aromatic carbocycles. The van der Waals surface area contributed by atoms with Gasteiger partial charge in [0, 0.05) is 21.9 Å². The Balaban J connectivity index is 1.40. The molecule has 9 heteroatoms. The molecule has 1 amide bonds. The first-order chi connectivity index (χ1) is 15.2. The summed E-state index contributed by atoms with van der Waals surface area (Å²) in [5.41, 5.74) is 2.23. The Morgan fingerprint density at radius 3 is 2.50 bits per heavy atom. The lowest BCUT2D eigenvalue weighted by atomic mass is 10.1. The number of rotatable bonds is 6. The van der Waals surface area contributed by atoms with E-state index in [1.54, 1.807) is 4.90 Å². The van der Waals surface area contributed by atoms with Crippen LogP contribution in [0.3, 0.4) is 0 Å². The maximum absolute atomic E-state index is 13.0. The van der Waals surface area contributed by atoms with Gasteiger partial charge in [-0.05, 0) is 85.6 Å². The minimum atomic E-state index is -3.84. The first kappa shape index (κ1) is 22.3. The molecule has 0 bridgehead atoms. The van der Waals surface area contributed by atoms with Crippen LogP contribution in [0.1, 0.15) is 12.5 Å². The highest BCUT2D eigenvalue weighted by molar-refractivity contribution is 9.10. The van der Waals surface area contributed by atoms with E-state index >= 15 is 0 Å². The van der Waals surface area contributed by atoms with Crippen molar-refractivity contribution < 1.29 is 22.3 Å². The highest BCUT2D eigenvalue weighted by Crippen LogP contribution is 2.34. The van der Waals surface area contributed by atoms with Gasteiger partial charge in [-0.2, -0.15) is 0 Å². The topological polar surface area (TPSA) is 75.7 Å². The monoisotopic (exact) mass is 518 g/mol. The van der Waals surface area contributed by atoms with Crippen LogP contribution in [0, 0.1) is 5.82 Å². The fraction of sp³-hybridized carbons (Fsp3) is 0.174. The zero-order chi connectivity index (χ0) is 22.9. The molecule has 32 heavy (non-hydrogen) atoms. The van der Waals surface area contributed by atoms with E-state index in [1.165, 1.54) is 48.5 Å². The van der Waals surface area contributed by atoms with Gasteiger partial charge in [0.15, 0.2) is 6.61 Å². The lowest BCUT2D eigenvalue weighted by molar-refractivity contribution is -0.120. The average Bonchev–Trinajstić information content (AvgIpc) is 3.08. The maximum atomic E-state index is 13.0. The number of nitrogens with one attached hydrogen (secondary N) is 1. The van der Waals surface area contributed by atoms with Gasteiger partial charge in [0.1, 0.15) is 11.6 Å². The Hall–Kier alpha value is -2.91. The zero-order valence-electron chi connectivity index (χ0n) is 17.1. The molecule has 6 nitrogen and oxygen atoms in total. The number of hydrogen-bond donors (Lipinski definition) is 1. The molecular weight excluding hydrogens is 499 g/mol. The van der Waals surface area contributed by atoms with Crippen molar-refractivity contribution in [3.63, 3.8) is 0 Å². The smallest absolute Gasteiger partial charge is 0.265 e. The number of ether oxygens (including phenoxy) is 1. The first-order valence-corrected chi connectivity index (χ1v) is 12.1. The van der Waals surface area contributed by atoms with Crippen LogP contribution in [-0.4, -0.2) is 27.0 Å². The molecular formula is C23H20BrFN2O4S. The number of halogens is 2. The third-order valence-corrected chi connectivity index (χ3v) is 7.01. The van der Waals surface area contributed by atoms with Crippen molar-refractivity contribution in [1.29, 1.82) is 0 Å². The summed E-state index contributed by atoms with van der Waals surface area (Å²) < 4.78 is 47.0. The number of carbonyl (C=O) groups excluding carboxylic acids is 1. The van der Waals surface area contributed by atoms with E-state index in [0.29, 0.717) is 5.75 Å². The third kappa shape index (κ3) is 4.78. The molecule has 0 unspecified atom stereocenters. The Kier molecular flexibility index (Phi) is 6.21. The molecule has 0 saturated heterocycles. The fourth-order valence-corrected chi connectivity index (χ4v) is 5.11. The normalized spacial score (nSPS) is 15.3. The molecule has 0 radical (unpaired) electrons. The Morgan fingerprint density at radius 1 is 1.12 bits per heavy atom. The first-order valence-electron chi connectivity index (χ1n) is 9.85. The van der Waals surface area contributed by atoms with Crippen LogP contribution in [-0.2, 0) is 21.2 Å². The SMILES string of the molecule is C[C@H]1Cc2cc(Br)ccc2N1C(=O)COc1ccc(S(=O)(=O)Nc2ccc(F)cc2)cc1. The predicted molar refractivity (Wildman–Crippen MR) is 124 cm³/mol. The standard InChI is InChI=1S/C23H20BrFN2O4S/c1-15-12-16-13-17(24)2-11-22(16)27(15)23(28)14-31-20-7-9-21(10-8-20)32(29,30)26-19-5-3-18(25)4-6-19/h2-11,13,15,26H,12,14H2,1H3/t15-/m0/s1. The second-order valence-electron chi connectivity index (χ2n) is 7.46. The van der Waals surface area contributed by atoms with Crippen LogP contribution < -0.4 is 14.4 Å². The van der Waals surface area contributed by atoms with Gasteiger partial charge < -0.3 is 9.64 Å². The number of nitrogens with zero attached hydrogens (tertiary/aromatic N) is 1. The Labute approximate surface area is 194 Å². The highest BCUT2D eigenvalue weighted by atomic mass is 79.9. The minimum absolute atomic E-state index is 0.0215. The van der Waals surface area contributed by atoms with E-state index in [-0.39, 0.29) is 29.1 Å². The summed E-state index contributed by atoms with van der Waals surface area (Å²) in [5, 5.41) is 0. The fourth-order valence-electron chi connectivity index (χ4n) is 3.64. The van der Waals surface area contributed by atoms with Crippen molar-refractivity contribution in [2.75, 3.05) is 16.2 Å². The summed E-state index contributed by atoms with van der Waals surface area (Å²) in [7, 11) is -3.84. The van der Waals surface area contributed by atoms with Crippen LogP contribution >= 0.6 is 15.9 Å². The van der Waals surface area contributed by atoms with E-state index in [4.69, 9.17) is 4.74 Å². The molecule has 1 aliphatic rings. The lowest BCUT2D eigenvalue weighted by Crippen LogP contribution is -2.39. The summed E-state index contributed by atoms with van der Waals surface area (Å²) in [5.74, 6) is -0.251. The summed E-state index contributed by atoms with van der Waals surface area (Å²) in [4.78, 5) is 14.5. The number of hydrogen-bond acceptors (Lipinski definition) is 4.